The number of hydrogen-bond donors (Lipinski definition) is 0. The molecule has 0 spiro atoms. The van der Waals surface area contributed by atoms with E-state index in [-0.39, 0.29) is 35.6 Å². The predicted molar refractivity (Wildman–Crippen MR) is 164 cm³/mol. The Balaban J connectivity index is 1.27. The molecule has 5 aliphatic carbocycles. The van der Waals surface area contributed by atoms with Gasteiger partial charge in [-0.05, 0) is 97.6 Å². The van der Waals surface area contributed by atoms with Crippen LogP contribution in [0.15, 0.2) is 60.7 Å². The standard InChI is InChI=1S/C38H42O4/c1-3-23-13-17-25(18-14-23)37(39)41-31-21-22-32(42-38(40)26-19-15-24(4-2)16-20-26)36-34-29-11-7-5-9-27(29)33(35(31)36)28-10-6-8-12-30(28)34/h5-12,21-26,33-34H,3-4,13-20H2,1-2H3. The summed E-state index contributed by atoms with van der Waals surface area (Å²) in [5.41, 5.74) is 6.97. The highest BCUT2D eigenvalue weighted by Gasteiger charge is 2.45. The summed E-state index contributed by atoms with van der Waals surface area (Å²) < 4.78 is 12.6. The molecule has 0 N–H and O–H groups in total. The molecule has 5 aliphatic rings. The molecule has 0 saturated heterocycles. The monoisotopic (exact) mass is 562 g/mol. The lowest BCUT2D eigenvalue weighted by atomic mass is 9.60. The van der Waals surface area contributed by atoms with Gasteiger partial charge in [0.1, 0.15) is 11.5 Å². The van der Waals surface area contributed by atoms with E-state index in [4.69, 9.17) is 9.47 Å². The third-order valence-electron chi connectivity index (χ3n) is 11.0. The van der Waals surface area contributed by atoms with Gasteiger partial charge in [0.15, 0.2) is 0 Å². The second kappa shape index (κ2) is 11.4. The highest BCUT2D eigenvalue weighted by molar-refractivity contribution is 5.81. The van der Waals surface area contributed by atoms with Crippen molar-refractivity contribution in [2.75, 3.05) is 0 Å². The highest BCUT2D eigenvalue weighted by atomic mass is 16.5. The quantitative estimate of drug-likeness (QED) is 0.153. The Morgan fingerprint density at radius 2 is 0.881 bits per heavy atom. The summed E-state index contributed by atoms with van der Waals surface area (Å²) in [5, 5.41) is 0. The maximum Gasteiger partial charge on any atom is 0.314 e. The largest absolute Gasteiger partial charge is 0.426 e. The van der Waals surface area contributed by atoms with Gasteiger partial charge in [-0.1, -0.05) is 75.2 Å². The Kier molecular flexibility index (Phi) is 7.42. The number of esters is 2. The lowest BCUT2D eigenvalue weighted by Gasteiger charge is -2.43. The zero-order chi connectivity index (χ0) is 28.8. The Labute approximate surface area is 249 Å². The Morgan fingerprint density at radius 3 is 1.19 bits per heavy atom. The van der Waals surface area contributed by atoms with Gasteiger partial charge in [-0.2, -0.15) is 0 Å². The van der Waals surface area contributed by atoms with Crippen LogP contribution in [0.25, 0.3) is 0 Å². The van der Waals surface area contributed by atoms with Gasteiger partial charge in [-0.3, -0.25) is 9.59 Å². The first-order valence-corrected chi connectivity index (χ1v) is 16.3. The number of carbonyl (C=O) groups excluding carboxylic acids is 2. The van der Waals surface area contributed by atoms with Gasteiger partial charge in [0.05, 0.1) is 11.8 Å². The first kappa shape index (κ1) is 27.4. The van der Waals surface area contributed by atoms with Gasteiger partial charge in [-0.25, -0.2) is 0 Å². The fraction of sp³-hybridized carbons (Fsp3) is 0.474. The molecule has 3 aromatic carbocycles. The van der Waals surface area contributed by atoms with Crippen molar-refractivity contribution in [3.05, 3.63) is 94.0 Å². The number of rotatable bonds is 6. The summed E-state index contributed by atoms with van der Waals surface area (Å²) in [6, 6.07) is 21.0. The molecule has 2 fully saturated rings. The fourth-order valence-electron chi connectivity index (χ4n) is 8.40. The summed E-state index contributed by atoms with van der Waals surface area (Å²) in [7, 11) is 0. The third kappa shape index (κ3) is 4.68. The normalized spacial score (nSPS) is 27.4. The lowest BCUT2D eigenvalue weighted by Crippen LogP contribution is -2.31. The van der Waals surface area contributed by atoms with Crippen LogP contribution >= 0.6 is 0 Å². The van der Waals surface area contributed by atoms with Crippen molar-refractivity contribution in [1.82, 2.24) is 0 Å². The maximum absolute atomic E-state index is 13.6. The average molecular weight is 563 g/mol. The minimum atomic E-state index is -0.118. The second-order valence-corrected chi connectivity index (χ2v) is 13.1. The van der Waals surface area contributed by atoms with Crippen LogP contribution in [0.4, 0.5) is 0 Å². The summed E-state index contributed by atoms with van der Waals surface area (Å²) in [4.78, 5) is 27.1. The van der Waals surface area contributed by atoms with Crippen LogP contribution < -0.4 is 9.47 Å². The molecule has 2 saturated carbocycles. The summed E-state index contributed by atoms with van der Waals surface area (Å²) >= 11 is 0. The molecule has 4 heteroatoms. The van der Waals surface area contributed by atoms with Crippen LogP contribution in [-0.4, -0.2) is 11.9 Å². The molecule has 8 rings (SSSR count). The molecule has 0 radical (unpaired) electrons. The Hall–Kier alpha value is -3.40. The number of ether oxygens (including phenoxy) is 2. The lowest BCUT2D eigenvalue weighted by molar-refractivity contribution is -0.141. The highest BCUT2D eigenvalue weighted by Crippen LogP contribution is 2.60. The van der Waals surface area contributed by atoms with Crippen molar-refractivity contribution in [2.24, 2.45) is 23.7 Å². The van der Waals surface area contributed by atoms with Crippen LogP contribution in [0.3, 0.4) is 0 Å². The van der Waals surface area contributed by atoms with Crippen LogP contribution in [-0.2, 0) is 9.59 Å². The minimum absolute atomic E-state index is 0.0560. The SMILES string of the molecule is CCC1CCC(C(=O)Oc2ccc(OC(=O)C3CCC(CC)CC3)c3c2C2c4ccccc4C3c3ccccc32)CC1. The summed E-state index contributed by atoms with van der Waals surface area (Å²) in [6.45, 7) is 4.48. The Bertz CT molecular complexity index is 1330. The molecule has 2 bridgehead atoms. The minimum Gasteiger partial charge on any atom is -0.426 e. The molecule has 0 heterocycles. The maximum atomic E-state index is 13.6. The first-order chi connectivity index (χ1) is 20.6. The molecule has 3 aromatic rings. The summed E-state index contributed by atoms with van der Waals surface area (Å²) in [6.07, 6.45) is 10.3. The van der Waals surface area contributed by atoms with Gasteiger partial charge in [-0.15, -0.1) is 0 Å². The smallest absolute Gasteiger partial charge is 0.314 e. The van der Waals surface area contributed by atoms with Gasteiger partial charge < -0.3 is 9.47 Å². The molecular weight excluding hydrogens is 520 g/mol. The van der Waals surface area contributed by atoms with E-state index in [1.54, 1.807) is 0 Å². The molecule has 4 nitrogen and oxygen atoms in total. The molecule has 0 unspecified atom stereocenters. The van der Waals surface area contributed by atoms with Crippen molar-refractivity contribution in [3.8, 4) is 11.5 Å². The summed E-state index contributed by atoms with van der Waals surface area (Å²) in [5.74, 6) is 2.18. The third-order valence-corrected chi connectivity index (χ3v) is 11.0. The van der Waals surface area contributed by atoms with E-state index in [0.717, 1.165) is 74.3 Å². The van der Waals surface area contributed by atoms with Crippen LogP contribution in [0.5, 0.6) is 11.5 Å². The van der Waals surface area contributed by atoms with Gasteiger partial charge >= 0.3 is 11.9 Å². The van der Waals surface area contributed by atoms with E-state index in [1.165, 1.54) is 35.1 Å². The Morgan fingerprint density at radius 1 is 0.548 bits per heavy atom. The molecule has 0 atom stereocenters. The van der Waals surface area contributed by atoms with Crippen molar-refractivity contribution in [2.45, 2.75) is 89.9 Å². The first-order valence-electron chi connectivity index (χ1n) is 16.3. The van der Waals surface area contributed by atoms with E-state index in [1.807, 2.05) is 12.1 Å². The molecule has 218 valence electrons. The van der Waals surface area contributed by atoms with Gasteiger partial charge in [0.25, 0.3) is 0 Å². The molecule has 0 amide bonds. The number of hydrogen-bond acceptors (Lipinski definition) is 4. The van der Waals surface area contributed by atoms with E-state index in [0.29, 0.717) is 11.5 Å². The molecule has 42 heavy (non-hydrogen) atoms. The fourth-order valence-corrected chi connectivity index (χ4v) is 8.40. The van der Waals surface area contributed by atoms with E-state index in [9.17, 15) is 9.59 Å². The van der Waals surface area contributed by atoms with Crippen molar-refractivity contribution < 1.29 is 19.1 Å². The molecule has 0 aromatic heterocycles. The van der Waals surface area contributed by atoms with E-state index >= 15 is 0 Å². The van der Waals surface area contributed by atoms with Crippen LogP contribution in [0, 0.1) is 23.7 Å². The zero-order valence-corrected chi connectivity index (χ0v) is 24.9. The number of benzene rings is 3. The van der Waals surface area contributed by atoms with Crippen LogP contribution in [0.1, 0.15) is 123 Å². The van der Waals surface area contributed by atoms with Crippen molar-refractivity contribution in [1.29, 1.82) is 0 Å². The molecular formula is C38H42O4. The van der Waals surface area contributed by atoms with E-state index in [2.05, 4.69) is 62.4 Å². The van der Waals surface area contributed by atoms with Crippen molar-refractivity contribution >= 4 is 11.9 Å². The van der Waals surface area contributed by atoms with Crippen LogP contribution in [0.2, 0.25) is 0 Å². The molecule has 0 aliphatic heterocycles. The number of carbonyl (C=O) groups is 2. The van der Waals surface area contributed by atoms with Gasteiger partial charge in [0.2, 0.25) is 0 Å². The average Bonchev–Trinajstić information content (AvgIpc) is 3.05. The van der Waals surface area contributed by atoms with Gasteiger partial charge in [0, 0.05) is 23.0 Å². The van der Waals surface area contributed by atoms with Crippen molar-refractivity contribution in [3.63, 3.8) is 0 Å². The topological polar surface area (TPSA) is 52.6 Å². The predicted octanol–water partition coefficient (Wildman–Crippen LogP) is 8.92. The second-order valence-electron chi connectivity index (χ2n) is 13.1. The van der Waals surface area contributed by atoms with E-state index < -0.39 is 0 Å². The zero-order valence-electron chi connectivity index (χ0n) is 24.9.